The van der Waals surface area contributed by atoms with Gasteiger partial charge in [-0.15, -0.1) is 0 Å². The van der Waals surface area contributed by atoms with Crippen molar-refractivity contribution >= 4 is 17.8 Å². The van der Waals surface area contributed by atoms with Crippen molar-refractivity contribution in [2.75, 3.05) is 34.9 Å². The third-order valence-corrected chi connectivity index (χ3v) is 15.8. The molecule has 2 aromatic rings. The van der Waals surface area contributed by atoms with Gasteiger partial charge in [0.2, 0.25) is 0 Å². The number of hydrogen-bond donors (Lipinski definition) is 2. The first kappa shape index (κ1) is 54.7. The highest BCUT2D eigenvalue weighted by Crippen LogP contribution is 2.45. The zero-order chi connectivity index (χ0) is 50.7. The molecule has 18 atom stereocenters. The van der Waals surface area contributed by atoms with E-state index in [1.165, 1.54) is 7.11 Å². The summed E-state index contributed by atoms with van der Waals surface area (Å²) in [4.78, 5) is 56.6. The lowest BCUT2D eigenvalue weighted by Gasteiger charge is -2.50. The molecule has 2 N–H and O–H groups in total. The second-order valence-electron chi connectivity index (χ2n) is 21.1. The number of esters is 1. The van der Waals surface area contributed by atoms with Crippen LogP contribution in [0.3, 0.4) is 0 Å². The van der Waals surface area contributed by atoms with Gasteiger partial charge in [0.15, 0.2) is 18.2 Å². The molecule has 6 rings (SSSR count). The van der Waals surface area contributed by atoms with Crippen molar-refractivity contribution in [1.29, 1.82) is 0 Å². The number of ketones is 1. The minimum absolute atomic E-state index is 0.126. The summed E-state index contributed by atoms with van der Waals surface area (Å²) in [6, 6.07) is 2.72. The molecule has 4 fully saturated rings. The summed E-state index contributed by atoms with van der Waals surface area (Å²) in [6.45, 7) is 19.1. The number of pyridine rings is 1. The number of rotatable bonds is 14. The number of amides is 1. The fraction of sp³-hybridized carbons (Fsp3) is 0.784. The number of Topliss-reactive ketones (excluding diaryl/α,β-unsaturated/α-hetero) is 1. The quantitative estimate of drug-likeness (QED) is 0.174. The topological polar surface area (TPSA) is 203 Å². The number of aliphatic hydroxyl groups is 2. The van der Waals surface area contributed by atoms with Crippen LogP contribution in [0, 0.1) is 23.7 Å². The molecule has 0 unspecified atom stereocenters. The van der Waals surface area contributed by atoms with Crippen molar-refractivity contribution in [3.63, 3.8) is 0 Å². The van der Waals surface area contributed by atoms with Crippen LogP contribution in [0.5, 0.6) is 0 Å². The molecule has 4 aliphatic rings. The molecular formula is C51H81N5O13. The van der Waals surface area contributed by atoms with Gasteiger partial charge in [-0.2, -0.15) is 0 Å². The molecule has 0 bridgehead atoms. The van der Waals surface area contributed by atoms with Crippen molar-refractivity contribution in [2.24, 2.45) is 23.7 Å². The first-order valence-electron chi connectivity index (χ1n) is 24.9. The maximum Gasteiger partial charge on any atom is 0.410 e. The monoisotopic (exact) mass is 972 g/mol. The third kappa shape index (κ3) is 11.5. The molecule has 18 heteroatoms. The molecule has 0 aromatic carbocycles. The van der Waals surface area contributed by atoms with Crippen LogP contribution in [0.2, 0.25) is 0 Å². The van der Waals surface area contributed by atoms with Gasteiger partial charge >= 0.3 is 12.1 Å². The van der Waals surface area contributed by atoms with E-state index in [1.54, 1.807) is 58.4 Å². The molecule has 0 saturated carbocycles. The predicted octanol–water partition coefficient (Wildman–Crippen LogP) is 5.65. The zero-order valence-corrected chi connectivity index (χ0v) is 43.4. The zero-order valence-electron chi connectivity index (χ0n) is 43.4. The number of ether oxygens (including phenoxy) is 8. The second-order valence-corrected chi connectivity index (χ2v) is 21.1. The summed E-state index contributed by atoms with van der Waals surface area (Å²) in [5, 5.41) is 23.0. The van der Waals surface area contributed by atoms with Crippen molar-refractivity contribution in [1.82, 2.24) is 24.3 Å². The Kier molecular flexibility index (Phi) is 17.8. The maximum atomic E-state index is 15.1. The lowest BCUT2D eigenvalue weighted by atomic mass is 9.73. The van der Waals surface area contributed by atoms with E-state index in [0.717, 1.165) is 11.3 Å². The Hall–Kier alpha value is -3.59. The van der Waals surface area contributed by atoms with Gasteiger partial charge in [-0.05, 0) is 99.9 Å². The molecular weight excluding hydrogens is 891 g/mol. The van der Waals surface area contributed by atoms with Crippen LogP contribution in [-0.4, -0.2) is 171 Å². The smallest absolute Gasteiger partial charge is 0.410 e. The van der Waals surface area contributed by atoms with Gasteiger partial charge in [-0.1, -0.05) is 27.7 Å². The molecule has 0 radical (unpaired) electrons. The minimum Gasteiger partial charge on any atom is -0.458 e. The molecule has 69 heavy (non-hydrogen) atoms. The fourth-order valence-electron chi connectivity index (χ4n) is 11.6. The Balaban J connectivity index is 1.36. The standard InChI is InChI=1S/C51H81N5O13/c1-15-38-51(10)43(56(48(61)69-51)22-17-16-21-55-27-36(53-28-55)35-19-18-20-52-26-35)31(4)40(57)29(2)24-50(9,63-14)45(68-47-41(58)37(54(11)12)23-30(3)64-47)32(5)42(33(6)46(60)66-38)67-39-25-49(8,62-13)44(59)34(7)65-39/h18-20,26-34,37-39,41-45,47,58-59H,15-17,21-25H2,1-14H3/t29-,30-,31+,32+,33-,34+,37+,38-,39+,41-,42+,43+,44+,45-,47+,49-,50-,51-/m1/s1. The average molecular weight is 972 g/mol. The number of cyclic esters (lactones) is 1. The Morgan fingerprint density at radius 1 is 0.913 bits per heavy atom. The number of aliphatic hydroxyl groups excluding tert-OH is 2. The number of carbonyl (C=O) groups excluding carboxylic acids is 3. The summed E-state index contributed by atoms with van der Waals surface area (Å²) >= 11 is 0. The summed E-state index contributed by atoms with van der Waals surface area (Å²) in [5.41, 5.74) is -2.01. The van der Waals surface area contributed by atoms with Gasteiger partial charge in [0, 0.05) is 81.7 Å². The molecule has 0 spiro atoms. The minimum atomic E-state index is -1.42. The largest absolute Gasteiger partial charge is 0.458 e. The number of hydrogen-bond acceptors (Lipinski definition) is 16. The lowest BCUT2D eigenvalue weighted by molar-refractivity contribution is -0.319. The highest BCUT2D eigenvalue weighted by molar-refractivity contribution is 5.85. The number of aryl methyl sites for hydroxylation is 1. The first-order chi connectivity index (χ1) is 32.5. The van der Waals surface area contributed by atoms with Crippen LogP contribution >= 0.6 is 0 Å². The molecule has 2 aromatic heterocycles. The van der Waals surface area contributed by atoms with E-state index in [2.05, 4.69) is 9.97 Å². The number of carbonyl (C=O) groups is 3. The Labute approximate surface area is 409 Å². The maximum absolute atomic E-state index is 15.1. The Morgan fingerprint density at radius 3 is 2.25 bits per heavy atom. The molecule has 0 aliphatic carbocycles. The van der Waals surface area contributed by atoms with Gasteiger partial charge < -0.3 is 62.5 Å². The summed E-state index contributed by atoms with van der Waals surface area (Å²) in [6.07, 6.45) is 1.02. The second kappa shape index (κ2) is 22.4. The number of fused-ring (bicyclic) bond motifs is 1. The molecule has 388 valence electrons. The van der Waals surface area contributed by atoms with Crippen molar-refractivity contribution in [2.45, 2.75) is 199 Å². The van der Waals surface area contributed by atoms with Gasteiger partial charge in [-0.3, -0.25) is 14.6 Å². The summed E-state index contributed by atoms with van der Waals surface area (Å²) < 4.78 is 53.7. The predicted molar refractivity (Wildman–Crippen MR) is 254 cm³/mol. The highest BCUT2D eigenvalue weighted by Gasteiger charge is 2.61. The fourth-order valence-corrected chi connectivity index (χ4v) is 11.6. The molecule has 1 amide bonds. The molecule has 4 aliphatic heterocycles. The van der Waals surface area contributed by atoms with Crippen molar-refractivity contribution < 1.29 is 62.5 Å². The van der Waals surface area contributed by atoms with E-state index in [-0.39, 0.29) is 37.2 Å². The van der Waals surface area contributed by atoms with E-state index < -0.39 is 108 Å². The summed E-state index contributed by atoms with van der Waals surface area (Å²) in [5.74, 6) is -3.91. The Bertz CT molecular complexity index is 2030. The van der Waals surface area contributed by atoms with Crippen LogP contribution in [0.4, 0.5) is 4.79 Å². The number of methoxy groups -OCH3 is 2. The lowest BCUT2D eigenvalue weighted by Crippen LogP contribution is -2.61. The van der Waals surface area contributed by atoms with Crippen LogP contribution in [0.15, 0.2) is 37.1 Å². The van der Waals surface area contributed by atoms with Crippen LogP contribution in [0.1, 0.15) is 108 Å². The number of unbranched alkanes of at least 4 members (excludes halogenated alkanes) is 1. The van der Waals surface area contributed by atoms with E-state index in [9.17, 15) is 19.8 Å². The number of imidazole rings is 1. The number of likely N-dealkylation sites (N-methyl/N-ethyl adjacent to an activating group) is 1. The van der Waals surface area contributed by atoms with Crippen LogP contribution < -0.4 is 0 Å². The molecule has 18 nitrogen and oxygen atoms in total. The van der Waals surface area contributed by atoms with Crippen molar-refractivity contribution in [3.8, 4) is 11.3 Å². The molecule has 4 saturated heterocycles. The first-order valence-corrected chi connectivity index (χ1v) is 24.9. The van der Waals surface area contributed by atoms with E-state index in [0.29, 0.717) is 32.4 Å². The SMILES string of the molecule is CC[C@H]1OC(=O)[C@H](C)[C@@H](O[C@H]2C[C@@](C)(OC)[C@@H](O)[C@H](C)O2)[C@H](C)[C@@H](O[C@@H]2O[C@H](C)C[C@H](N(C)C)[C@H]2O)[C@](C)(OC)C[C@@H](C)C(=O)[C@H](C)[C@@H]2N(CCCCn3cnc(-c4cccnc4)c3)C(=O)O[C@@]21C. The third-order valence-electron chi connectivity index (χ3n) is 15.8. The number of aromatic nitrogens is 3. The van der Waals surface area contributed by atoms with Gasteiger partial charge in [0.25, 0.3) is 0 Å². The van der Waals surface area contributed by atoms with E-state index >= 15 is 4.79 Å². The van der Waals surface area contributed by atoms with Gasteiger partial charge in [0.1, 0.15) is 24.1 Å². The average Bonchev–Trinajstić information content (AvgIpc) is 3.90. The van der Waals surface area contributed by atoms with E-state index in [1.807, 2.05) is 83.4 Å². The van der Waals surface area contributed by atoms with Gasteiger partial charge in [0.05, 0.1) is 59.6 Å². The van der Waals surface area contributed by atoms with Crippen LogP contribution in [0.25, 0.3) is 11.3 Å². The van der Waals surface area contributed by atoms with Gasteiger partial charge in [-0.25, -0.2) is 9.78 Å². The Morgan fingerprint density at radius 2 is 1.61 bits per heavy atom. The summed E-state index contributed by atoms with van der Waals surface area (Å²) in [7, 11) is 6.87. The molecule has 6 heterocycles. The van der Waals surface area contributed by atoms with Crippen LogP contribution in [-0.2, 0) is 54.0 Å². The number of nitrogens with zero attached hydrogens (tertiary/aromatic N) is 5. The van der Waals surface area contributed by atoms with E-state index in [4.69, 9.17) is 37.9 Å². The highest BCUT2D eigenvalue weighted by atomic mass is 16.7. The normalized spacial score (nSPS) is 40.6. The van der Waals surface area contributed by atoms with Crippen molar-refractivity contribution in [3.05, 3.63) is 37.1 Å².